The maximum Gasteiger partial charge on any atom is 0.330 e. The molecular formula is C15H18O3. The van der Waals surface area contributed by atoms with Crippen LogP contribution < -0.4 is 0 Å². The number of esters is 1. The summed E-state index contributed by atoms with van der Waals surface area (Å²) in [6, 6.07) is 8.78. The minimum atomic E-state index is -0.472. The predicted octanol–water partition coefficient (Wildman–Crippen LogP) is 3.01. The lowest BCUT2D eigenvalue weighted by Gasteiger charge is -2.01. The molecule has 0 aromatic heterocycles. The number of hydrogen-bond acceptors (Lipinski definition) is 3. The number of carbonyl (C=O) groups excluding carboxylic acids is 2. The van der Waals surface area contributed by atoms with Gasteiger partial charge >= 0.3 is 5.97 Å². The molecule has 0 heterocycles. The molecule has 0 saturated heterocycles. The van der Waals surface area contributed by atoms with E-state index in [1.165, 1.54) is 6.08 Å². The molecule has 1 rings (SSSR count). The summed E-state index contributed by atoms with van der Waals surface area (Å²) in [5.74, 6) is -0.166. The van der Waals surface area contributed by atoms with Crippen molar-refractivity contribution in [2.45, 2.75) is 20.3 Å². The molecule has 0 aliphatic rings. The first kappa shape index (κ1) is 14.2. The van der Waals surface area contributed by atoms with E-state index in [1.807, 2.05) is 6.07 Å². The number of benzene rings is 1. The summed E-state index contributed by atoms with van der Waals surface area (Å²) in [5, 5.41) is 0. The van der Waals surface area contributed by atoms with Crippen LogP contribution in [0.15, 0.2) is 42.5 Å². The third-order valence-corrected chi connectivity index (χ3v) is 2.30. The van der Waals surface area contributed by atoms with Gasteiger partial charge < -0.3 is 4.74 Å². The molecule has 0 N–H and O–H groups in total. The second kappa shape index (κ2) is 7.43. The van der Waals surface area contributed by atoms with Crippen molar-refractivity contribution < 1.29 is 14.3 Å². The Morgan fingerprint density at radius 1 is 1.22 bits per heavy atom. The number of rotatable bonds is 6. The Bertz CT molecular complexity index is 419. The van der Waals surface area contributed by atoms with Crippen LogP contribution in [-0.2, 0) is 9.53 Å². The van der Waals surface area contributed by atoms with E-state index >= 15 is 0 Å². The van der Waals surface area contributed by atoms with E-state index in [9.17, 15) is 9.59 Å². The highest BCUT2D eigenvalue weighted by atomic mass is 16.5. The normalized spacial score (nSPS) is 10.8. The molecule has 3 heteroatoms. The minimum absolute atomic E-state index is 0.193. The Labute approximate surface area is 107 Å². The Morgan fingerprint density at radius 3 is 2.50 bits per heavy atom. The third kappa shape index (κ3) is 5.43. The van der Waals surface area contributed by atoms with Crippen molar-refractivity contribution in [1.29, 1.82) is 0 Å². The standard InChI is InChI=1S/C15H18O3/c1-12(2)7-6-10-15(17)18-11-14(16)13-8-4-3-5-9-13/h3-6,8-10,12H,7,11H2,1-2H3/b10-6+. The fourth-order valence-corrected chi connectivity index (χ4v) is 1.33. The van der Waals surface area contributed by atoms with Crippen molar-refractivity contribution >= 4 is 11.8 Å². The molecule has 0 bridgehead atoms. The average molecular weight is 246 g/mol. The van der Waals surface area contributed by atoms with Crippen LogP contribution in [0.3, 0.4) is 0 Å². The first-order chi connectivity index (χ1) is 8.59. The molecule has 0 aliphatic carbocycles. The second-order valence-corrected chi connectivity index (χ2v) is 4.43. The van der Waals surface area contributed by atoms with Crippen LogP contribution in [0.25, 0.3) is 0 Å². The van der Waals surface area contributed by atoms with Crippen LogP contribution in [0.2, 0.25) is 0 Å². The van der Waals surface area contributed by atoms with Crippen LogP contribution in [-0.4, -0.2) is 18.4 Å². The van der Waals surface area contributed by atoms with Crippen LogP contribution in [0.5, 0.6) is 0 Å². The van der Waals surface area contributed by atoms with E-state index in [-0.39, 0.29) is 12.4 Å². The summed E-state index contributed by atoms with van der Waals surface area (Å²) in [6.07, 6.45) is 3.96. The molecular weight excluding hydrogens is 228 g/mol. The minimum Gasteiger partial charge on any atom is -0.454 e. The highest BCUT2D eigenvalue weighted by Gasteiger charge is 2.07. The molecule has 0 spiro atoms. The lowest BCUT2D eigenvalue weighted by atomic mass is 10.1. The first-order valence-electron chi connectivity index (χ1n) is 6.01. The van der Waals surface area contributed by atoms with Gasteiger partial charge in [0, 0.05) is 11.6 Å². The summed E-state index contributed by atoms with van der Waals surface area (Å²) in [4.78, 5) is 22.9. The topological polar surface area (TPSA) is 43.4 Å². The summed E-state index contributed by atoms with van der Waals surface area (Å²) in [7, 11) is 0. The number of ketones is 1. The number of hydrogen-bond donors (Lipinski definition) is 0. The summed E-state index contributed by atoms with van der Waals surface area (Å²) < 4.78 is 4.86. The van der Waals surface area contributed by atoms with Gasteiger partial charge in [-0.2, -0.15) is 0 Å². The van der Waals surface area contributed by atoms with Gasteiger partial charge in [0.25, 0.3) is 0 Å². The zero-order valence-electron chi connectivity index (χ0n) is 10.8. The lowest BCUT2D eigenvalue weighted by Crippen LogP contribution is -2.12. The summed E-state index contributed by atoms with van der Waals surface area (Å²) >= 11 is 0. The largest absolute Gasteiger partial charge is 0.454 e. The Balaban J connectivity index is 2.35. The zero-order chi connectivity index (χ0) is 13.4. The van der Waals surface area contributed by atoms with Crippen molar-refractivity contribution in [3.8, 4) is 0 Å². The molecule has 0 unspecified atom stereocenters. The third-order valence-electron chi connectivity index (χ3n) is 2.30. The molecule has 0 atom stereocenters. The van der Waals surface area contributed by atoms with Gasteiger partial charge in [0.2, 0.25) is 0 Å². The Morgan fingerprint density at radius 2 is 1.89 bits per heavy atom. The van der Waals surface area contributed by atoms with Gasteiger partial charge in [0.15, 0.2) is 12.4 Å². The Kier molecular flexibility index (Phi) is 5.85. The highest BCUT2D eigenvalue weighted by molar-refractivity contribution is 5.98. The number of ether oxygens (including phenoxy) is 1. The fraction of sp³-hybridized carbons (Fsp3) is 0.333. The van der Waals surface area contributed by atoms with Crippen molar-refractivity contribution in [2.24, 2.45) is 5.92 Å². The van der Waals surface area contributed by atoms with Gasteiger partial charge in [-0.25, -0.2) is 4.79 Å². The van der Waals surface area contributed by atoms with Gasteiger partial charge in [-0.05, 0) is 12.3 Å². The van der Waals surface area contributed by atoms with Crippen LogP contribution in [0.4, 0.5) is 0 Å². The molecule has 0 saturated carbocycles. The zero-order valence-corrected chi connectivity index (χ0v) is 10.8. The molecule has 18 heavy (non-hydrogen) atoms. The van der Waals surface area contributed by atoms with E-state index in [0.29, 0.717) is 11.5 Å². The summed E-state index contributed by atoms with van der Waals surface area (Å²) in [5.41, 5.74) is 0.552. The fourth-order valence-electron chi connectivity index (χ4n) is 1.33. The van der Waals surface area contributed by atoms with E-state index in [1.54, 1.807) is 30.3 Å². The second-order valence-electron chi connectivity index (χ2n) is 4.43. The van der Waals surface area contributed by atoms with Crippen molar-refractivity contribution in [3.63, 3.8) is 0 Å². The van der Waals surface area contributed by atoms with E-state index in [0.717, 1.165) is 6.42 Å². The van der Waals surface area contributed by atoms with E-state index in [4.69, 9.17) is 4.74 Å². The van der Waals surface area contributed by atoms with Crippen molar-refractivity contribution in [1.82, 2.24) is 0 Å². The maximum atomic E-state index is 11.6. The van der Waals surface area contributed by atoms with Crippen LogP contribution in [0, 0.1) is 5.92 Å². The quantitative estimate of drug-likeness (QED) is 0.440. The number of Topliss-reactive ketones (excluding diaryl/α,β-unsaturated/α-hetero) is 1. The molecule has 1 aromatic rings. The average Bonchev–Trinajstić information content (AvgIpc) is 2.36. The SMILES string of the molecule is CC(C)C/C=C/C(=O)OCC(=O)c1ccccc1. The van der Waals surface area contributed by atoms with Crippen LogP contribution >= 0.6 is 0 Å². The van der Waals surface area contributed by atoms with Crippen molar-refractivity contribution in [3.05, 3.63) is 48.0 Å². The van der Waals surface area contributed by atoms with E-state index in [2.05, 4.69) is 13.8 Å². The highest BCUT2D eigenvalue weighted by Crippen LogP contribution is 2.02. The summed E-state index contributed by atoms with van der Waals surface area (Å²) in [6.45, 7) is 3.91. The molecule has 1 aromatic carbocycles. The van der Waals surface area contributed by atoms with Crippen molar-refractivity contribution in [2.75, 3.05) is 6.61 Å². The van der Waals surface area contributed by atoms with Gasteiger partial charge in [0.1, 0.15) is 0 Å². The van der Waals surface area contributed by atoms with Gasteiger partial charge in [-0.1, -0.05) is 50.3 Å². The first-order valence-corrected chi connectivity index (χ1v) is 6.01. The van der Waals surface area contributed by atoms with Gasteiger partial charge in [-0.15, -0.1) is 0 Å². The Hall–Kier alpha value is -1.90. The molecule has 0 radical (unpaired) electrons. The molecule has 0 amide bonds. The molecule has 0 fully saturated rings. The maximum absolute atomic E-state index is 11.6. The van der Waals surface area contributed by atoms with Gasteiger partial charge in [0.05, 0.1) is 0 Å². The lowest BCUT2D eigenvalue weighted by molar-refractivity contribution is -0.136. The molecule has 3 nitrogen and oxygen atoms in total. The number of allylic oxidation sites excluding steroid dienone is 1. The van der Waals surface area contributed by atoms with Crippen LogP contribution in [0.1, 0.15) is 30.6 Å². The number of carbonyl (C=O) groups is 2. The van der Waals surface area contributed by atoms with E-state index < -0.39 is 5.97 Å². The smallest absolute Gasteiger partial charge is 0.330 e. The molecule has 0 aliphatic heterocycles. The monoisotopic (exact) mass is 246 g/mol. The van der Waals surface area contributed by atoms with Gasteiger partial charge in [-0.3, -0.25) is 4.79 Å². The molecule has 96 valence electrons. The predicted molar refractivity (Wildman–Crippen MR) is 70.3 cm³/mol.